The lowest BCUT2D eigenvalue weighted by Gasteiger charge is -2.30. The Kier molecular flexibility index (Phi) is 5.97. The van der Waals surface area contributed by atoms with Gasteiger partial charge in [0.25, 0.3) is 0 Å². The molecule has 2 rings (SSSR count). The van der Waals surface area contributed by atoms with Gasteiger partial charge in [0.05, 0.1) is 24.9 Å². The summed E-state index contributed by atoms with van der Waals surface area (Å²) < 4.78 is 6.50. The Balaban J connectivity index is 1.69. The molecular weight excluding hydrogens is 322 g/mol. The van der Waals surface area contributed by atoms with Gasteiger partial charge in [0.2, 0.25) is 5.91 Å². The standard InChI is InChI=1S/C14H20BrN3O2/c1-18-6-7-20-11(10-18)8-16-9-14(19)17-13-5-3-2-4-12(13)15/h2-5,11,16H,6-10H2,1H3,(H,17,19). The fourth-order valence-corrected chi connectivity index (χ4v) is 2.48. The van der Waals surface area contributed by atoms with E-state index in [0.717, 1.165) is 29.9 Å². The molecule has 0 radical (unpaired) electrons. The maximum atomic E-state index is 11.8. The van der Waals surface area contributed by atoms with Gasteiger partial charge >= 0.3 is 0 Å². The molecule has 1 unspecified atom stereocenters. The smallest absolute Gasteiger partial charge is 0.238 e. The number of likely N-dealkylation sites (N-methyl/N-ethyl adjacent to an activating group) is 1. The number of benzene rings is 1. The third-order valence-corrected chi connectivity index (χ3v) is 3.84. The Labute approximate surface area is 127 Å². The van der Waals surface area contributed by atoms with E-state index in [9.17, 15) is 4.79 Å². The van der Waals surface area contributed by atoms with Gasteiger partial charge in [-0.15, -0.1) is 0 Å². The second kappa shape index (κ2) is 7.73. The van der Waals surface area contributed by atoms with Crippen LogP contribution in [0.2, 0.25) is 0 Å². The van der Waals surface area contributed by atoms with Crippen LogP contribution < -0.4 is 10.6 Å². The zero-order valence-corrected chi connectivity index (χ0v) is 13.1. The number of nitrogens with one attached hydrogen (secondary N) is 2. The van der Waals surface area contributed by atoms with Crippen molar-refractivity contribution >= 4 is 27.5 Å². The molecule has 1 heterocycles. The molecule has 1 amide bonds. The zero-order valence-electron chi connectivity index (χ0n) is 11.6. The van der Waals surface area contributed by atoms with Crippen LogP contribution in [0.15, 0.2) is 28.7 Å². The second-order valence-electron chi connectivity index (χ2n) is 4.91. The number of carbonyl (C=O) groups is 1. The van der Waals surface area contributed by atoms with Crippen molar-refractivity contribution in [3.05, 3.63) is 28.7 Å². The van der Waals surface area contributed by atoms with Crippen molar-refractivity contribution < 1.29 is 9.53 Å². The molecule has 1 fully saturated rings. The lowest BCUT2D eigenvalue weighted by Crippen LogP contribution is -2.45. The summed E-state index contributed by atoms with van der Waals surface area (Å²) in [5.74, 6) is -0.0546. The van der Waals surface area contributed by atoms with Crippen molar-refractivity contribution in [2.75, 3.05) is 45.2 Å². The van der Waals surface area contributed by atoms with Crippen LogP contribution in [0.25, 0.3) is 0 Å². The zero-order chi connectivity index (χ0) is 14.4. The minimum atomic E-state index is -0.0546. The first-order valence-electron chi connectivity index (χ1n) is 6.70. The van der Waals surface area contributed by atoms with E-state index in [2.05, 4.69) is 38.5 Å². The van der Waals surface area contributed by atoms with Gasteiger partial charge in [-0.2, -0.15) is 0 Å². The molecular formula is C14H20BrN3O2. The van der Waals surface area contributed by atoms with Crippen molar-refractivity contribution in [3.63, 3.8) is 0 Å². The number of anilines is 1. The number of morpholine rings is 1. The molecule has 0 saturated carbocycles. The number of hydrogen-bond donors (Lipinski definition) is 2. The molecule has 110 valence electrons. The molecule has 0 aromatic heterocycles. The number of rotatable bonds is 5. The van der Waals surface area contributed by atoms with Gasteiger partial charge in [0, 0.05) is 24.1 Å². The highest BCUT2D eigenvalue weighted by Gasteiger charge is 2.17. The molecule has 1 atom stereocenters. The van der Waals surface area contributed by atoms with Crippen LogP contribution in [0.1, 0.15) is 0 Å². The number of ether oxygens (including phenoxy) is 1. The van der Waals surface area contributed by atoms with Crippen LogP contribution in [-0.2, 0) is 9.53 Å². The van der Waals surface area contributed by atoms with E-state index in [4.69, 9.17) is 4.74 Å². The van der Waals surface area contributed by atoms with Gasteiger partial charge in [-0.1, -0.05) is 12.1 Å². The molecule has 5 nitrogen and oxygen atoms in total. The fourth-order valence-electron chi connectivity index (χ4n) is 2.09. The van der Waals surface area contributed by atoms with Gasteiger partial charge in [-0.3, -0.25) is 4.79 Å². The molecule has 1 aliphatic rings. The summed E-state index contributed by atoms with van der Waals surface area (Å²) >= 11 is 3.40. The average molecular weight is 342 g/mol. The van der Waals surface area contributed by atoms with Crippen molar-refractivity contribution in [1.82, 2.24) is 10.2 Å². The van der Waals surface area contributed by atoms with Gasteiger partial charge < -0.3 is 20.3 Å². The van der Waals surface area contributed by atoms with E-state index in [0.29, 0.717) is 6.54 Å². The first-order chi connectivity index (χ1) is 9.65. The summed E-state index contributed by atoms with van der Waals surface area (Å²) in [5, 5.41) is 5.99. The Morgan fingerprint density at radius 1 is 1.50 bits per heavy atom. The number of hydrogen-bond acceptors (Lipinski definition) is 4. The molecule has 1 aliphatic heterocycles. The molecule has 0 aliphatic carbocycles. The monoisotopic (exact) mass is 341 g/mol. The predicted octanol–water partition coefficient (Wildman–Crippen LogP) is 1.31. The molecule has 6 heteroatoms. The Hall–Kier alpha value is -0.950. The Bertz CT molecular complexity index is 456. The normalized spacial score (nSPS) is 19.8. The Morgan fingerprint density at radius 3 is 3.05 bits per heavy atom. The van der Waals surface area contributed by atoms with Crippen LogP contribution in [0, 0.1) is 0 Å². The highest BCUT2D eigenvalue weighted by molar-refractivity contribution is 9.10. The fraction of sp³-hybridized carbons (Fsp3) is 0.500. The molecule has 1 aromatic rings. The summed E-state index contributed by atoms with van der Waals surface area (Å²) in [6, 6.07) is 7.56. The first kappa shape index (κ1) is 15.4. The van der Waals surface area contributed by atoms with Crippen molar-refractivity contribution in [2.45, 2.75) is 6.10 Å². The third kappa shape index (κ3) is 4.86. The summed E-state index contributed by atoms with van der Waals surface area (Å²) in [4.78, 5) is 14.1. The maximum absolute atomic E-state index is 11.8. The van der Waals surface area contributed by atoms with Gasteiger partial charge in [0.1, 0.15) is 0 Å². The van der Waals surface area contributed by atoms with Crippen molar-refractivity contribution in [1.29, 1.82) is 0 Å². The number of halogens is 1. The van der Waals surface area contributed by atoms with Crippen LogP contribution in [-0.4, -0.2) is 56.7 Å². The summed E-state index contributed by atoms with van der Waals surface area (Å²) in [5.41, 5.74) is 0.785. The van der Waals surface area contributed by atoms with E-state index in [1.807, 2.05) is 24.3 Å². The molecule has 0 bridgehead atoms. The Morgan fingerprint density at radius 2 is 2.30 bits per heavy atom. The van der Waals surface area contributed by atoms with E-state index in [1.165, 1.54) is 0 Å². The number of amides is 1. The number of carbonyl (C=O) groups excluding carboxylic acids is 1. The maximum Gasteiger partial charge on any atom is 0.238 e. The number of para-hydroxylation sites is 1. The first-order valence-corrected chi connectivity index (χ1v) is 7.49. The highest BCUT2D eigenvalue weighted by Crippen LogP contribution is 2.20. The van der Waals surface area contributed by atoms with E-state index < -0.39 is 0 Å². The molecule has 0 spiro atoms. The van der Waals surface area contributed by atoms with Crippen LogP contribution in [0.3, 0.4) is 0 Å². The number of nitrogens with zero attached hydrogens (tertiary/aromatic N) is 1. The van der Waals surface area contributed by atoms with Gasteiger partial charge in [0.15, 0.2) is 0 Å². The lowest BCUT2D eigenvalue weighted by molar-refractivity contribution is -0.115. The average Bonchev–Trinajstić information content (AvgIpc) is 2.41. The van der Waals surface area contributed by atoms with Crippen LogP contribution >= 0.6 is 15.9 Å². The van der Waals surface area contributed by atoms with E-state index in [1.54, 1.807) is 0 Å². The van der Waals surface area contributed by atoms with Crippen LogP contribution in [0.4, 0.5) is 5.69 Å². The van der Waals surface area contributed by atoms with Gasteiger partial charge in [-0.05, 0) is 35.1 Å². The molecule has 1 saturated heterocycles. The largest absolute Gasteiger partial charge is 0.374 e. The topological polar surface area (TPSA) is 53.6 Å². The second-order valence-corrected chi connectivity index (χ2v) is 5.77. The van der Waals surface area contributed by atoms with Gasteiger partial charge in [-0.25, -0.2) is 0 Å². The summed E-state index contributed by atoms with van der Waals surface area (Å²) in [6.45, 7) is 3.60. The quantitative estimate of drug-likeness (QED) is 0.847. The van der Waals surface area contributed by atoms with E-state index >= 15 is 0 Å². The van der Waals surface area contributed by atoms with Crippen molar-refractivity contribution in [3.8, 4) is 0 Å². The molecule has 20 heavy (non-hydrogen) atoms. The molecule has 2 N–H and O–H groups in total. The minimum Gasteiger partial charge on any atom is -0.374 e. The minimum absolute atomic E-state index is 0.0546. The lowest BCUT2D eigenvalue weighted by atomic mass is 10.3. The van der Waals surface area contributed by atoms with Crippen LogP contribution in [0.5, 0.6) is 0 Å². The molecule has 1 aromatic carbocycles. The SMILES string of the molecule is CN1CCOC(CNCC(=O)Nc2ccccc2Br)C1. The van der Waals surface area contributed by atoms with E-state index in [-0.39, 0.29) is 18.6 Å². The highest BCUT2D eigenvalue weighted by atomic mass is 79.9. The van der Waals surface area contributed by atoms with Crippen molar-refractivity contribution in [2.24, 2.45) is 0 Å². The summed E-state index contributed by atoms with van der Waals surface area (Å²) in [7, 11) is 2.08. The summed E-state index contributed by atoms with van der Waals surface area (Å²) in [6.07, 6.45) is 0.157. The third-order valence-electron chi connectivity index (χ3n) is 3.15. The predicted molar refractivity (Wildman–Crippen MR) is 82.9 cm³/mol.